The van der Waals surface area contributed by atoms with Gasteiger partial charge in [-0.1, -0.05) is 53.5 Å². The zero-order valence-electron chi connectivity index (χ0n) is 13.1. The third kappa shape index (κ3) is 2.86. The van der Waals surface area contributed by atoms with Crippen molar-refractivity contribution in [1.82, 2.24) is 0 Å². The molecule has 0 aromatic heterocycles. The van der Waals surface area contributed by atoms with Crippen molar-refractivity contribution in [1.29, 1.82) is 0 Å². The maximum absolute atomic E-state index is 13.0. The summed E-state index contributed by atoms with van der Waals surface area (Å²) in [4.78, 5) is 14.7. The lowest BCUT2D eigenvalue weighted by molar-refractivity contribution is 0.0993. The zero-order chi connectivity index (χ0) is 17.4. The van der Waals surface area contributed by atoms with Crippen LogP contribution in [0.2, 0.25) is 10.0 Å². The molecule has 0 saturated carbocycles. The highest BCUT2D eigenvalue weighted by Crippen LogP contribution is 2.39. The molecule has 0 spiro atoms. The van der Waals surface area contributed by atoms with Crippen LogP contribution in [0.15, 0.2) is 72.8 Å². The number of carbonyl (C=O) groups is 1. The monoisotopic (exact) mass is 368 g/mol. The highest BCUT2D eigenvalue weighted by Gasteiger charge is 2.37. The van der Waals surface area contributed by atoms with Gasteiger partial charge >= 0.3 is 0 Å². The summed E-state index contributed by atoms with van der Waals surface area (Å²) in [6, 6.07) is 22.3. The Morgan fingerprint density at radius 1 is 0.840 bits per heavy atom. The normalized spacial score (nSPS) is 16.0. The fourth-order valence-electron chi connectivity index (χ4n) is 3.05. The molecule has 1 heterocycles. The van der Waals surface area contributed by atoms with Crippen molar-refractivity contribution in [2.75, 3.05) is 10.2 Å². The summed E-state index contributed by atoms with van der Waals surface area (Å²) < 4.78 is 0. The van der Waals surface area contributed by atoms with Crippen LogP contribution in [0, 0.1) is 0 Å². The van der Waals surface area contributed by atoms with Gasteiger partial charge in [0, 0.05) is 21.8 Å². The molecule has 3 nitrogen and oxygen atoms in total. The van der Waals surface area contributed by atoms with E-state index in [1.54, 1.807) is 17.0 Å². The summed E-state index contributed by atoms with van der Waals surface area (Å²) in [6.45, 7) is 0. The molecule has 0 radical (unpaired) electrons. The molecule has 3 aromatic carbocycles. The summed E-state index contributed by atoms with van der Waals surface area (Å²) in [5, 5.41) is 4.63. The molecule has 124 valence electrons. The van der Waals surface area contributed by atoms with Gasteiger partial charge in [-0.15, -0.1) is 0 Å². The van der Waals surface area contributed by atoms with Crippen LogP contribution in [0.4, 0.5) is 11.4 Å². The largest absolute Gasteiger partial charge is 0.360 e. The first-order valence-corrected chi connectivity index (χ1v) is 8.60. The summed E-state index contributed by atoms with van der Waals surface area (Å²) in [5.74, 6) is -0.0533. The standard InChI is InChI=1S/C20H14Cl2N2O/c21-13-9-11-14(12-10-13)24-19(23-18-8-4-3-7-17(18)22)15-5-1-2-6-16(15)20(24)25/h1-12,19,23H/t19-/m0/s1. The first-order valence-electron chi connectivity index (χ1n) is 7.84. The minimum Gasteiger partial charge on any atom is -0.360 e. The molecule has 4 rings (SSSR count). The molecule has 25 heavy (non-hydrogen) atoms. The van der Waals surface area contributed by atoms with E-state index >= 15 is 0 Å². The Morgan fingerprint density at radius 3 is 2.28 bits per heavy atom. The maximum Gasteiger partial charge on any atom is 0.260 e. The van der Waals surface area contributed by atoms with E-state index in [9.17, 15) is 4.79 Å². The molecule has 1 aliphatic rings. The van der Waals surface area contributed by atoms with Crippen LogP contribution >= 0.6 is 23.2 Å². The highest BCUT2D eigenvalue weighted by molar-refractivity contribution is 6.33. The van der Waals surface area contributed by atoms with Crippen molar-refractivity contribution >= 4 is 40.5 Å². The number of hydrogen-bond acceptors (Lipinski definition) is 2. The number of anilines is 2. The second kappa shape index (κ2) is 6.43. The van der Waals surface area contributed by atoms with Gasteiger partial charge in [-0.3, -0.25) is 9.69 Å². The quantitative estimate of drug-likeness (QED) is 0.636. The summed E-state index contributed by atoms with van der Waals surface area (Å²) in [6.07, 6.45) is -0.343. The van der Waals surface area contributed by atoms with E-state index in [4.69, 9.17) is 23.2 Å². The van der Waals surface area contributed by atoms with Crippen LogP contribution in [0.5, 0.6) is 0 Å². The molecule has 5 heteroatoms. The van der Waals surface area contributed by atoms with Crippen molar-refractivity contribution in [3.63, 3.8) is 0 Å². The number of halogens is 2. The van der Waals surface area contributed by atoms with Gasteiger partial charge < -0.3 is 5.32 Å². The van der Waals surface area contributed by atoms with E-state index in [0.717, 1.165) is 16.9 Å². The van der Waals surface area contributed by atoms with Crippen molar-refractivity contribution in [3.05, 3.63) is 94.0 Å². The van der Waals surface area contributed by atoms with Gasteiger partial charge in [-0.05, 0) is 42.5 Å². The van der Waals surface area contributed by atoms with Gasteiger partial charge in [0.25, 0.3) is 5.91 Å². The lowest BCUT2D eigenvalue weighted by Crippen LogP contribution is -2.32. The van der Waals surface area contributed by atoms with Gasteiger partial charge in [0.2, 0.25) is 0 Å². The SMILES string of the molecule is O=C1c2ccccc2[C@@H](Nc2ccccc2Cl)N1c1ccc(Cl)cc1. The first-order chi connectivity index (χ1) is 12.1. The van der Waals surface area contributed by atoms with Gasteiger partial charge in [-0.2, -0.15) is 0 Å². The number of carbonyl (C=O) groups excluding carboxylic acids is 1. The Bertz CT molecular complexity index is 940. The third-order valence-corrected chi connectivity index (χ3v) is 4.82. The second-order valence-corrected chi connectivity index (χ2v) is 6.61. The molecule has 1 amide bonds. The predicted octanol–water partition coefficient (Wildman–Crippen LogP) is 5.76. The Kier molecular flexibility index (Phi) is 4.12. The van der Waals surface area contributed by atoms with Gasteiger partial charge in [0.05, 0.1) is 10.7 Å². The summed E-state index contributed by atoms with van der Waals surface area (Å²) >= 11 is 12.3. The molecule has 0 unspecified atom stereocenters. The average molecular weight is 369 g/mol. The van der Waals surface area contributed by atoms with Crippen LogP contribution in [0.25, 0.3) is 0 Å². The number of fused-ring (bicyclic) bond motifs is 1. The molecule has 0 fully saturated rings. The smallest absolute Gasteiger partial charge is 0.260 e. The molecule has 0 bridgehead atoms. The molecule has 1 atom stereocenters. The lowest BCUT2D eigenvalue weighted by Gasteiger charge is -2.27. The summed E-state index contributed by atoms with van der Waals surface area (Å²) in [7, 11) is 0. The third-order valence-electron chi connectivity index (χ3n) is 4.23. The van der Waals surface area contributed by atoms with Crippen LogP contribution in [0.3, 0.4) is 0 Å². The molecule has 1 N–H and O–H groups in total. The van der Waals surface area contributed by atoms with Crippen molar-refractivity contribution in [2.24, 2.45) is 0 Å². The summed E-state index contributed by atoms with van der Waals surface area (Å²) in [5.41, 5.74) is 3.15. The Balaban J connectivity index is 1.80. The lowest BCUT2D eigenvalue weighted by atomic mass is 10.1. The average Bonchev–Trinajstić information content (AvgIpc) is 2.90. The van der Waals surface area contributed by atoms with E-state index in [1.807, 2.05) is 60.7 Å². The Morgan fingerprint density at radius 2 is 1.52 bits per heavy atom. The van der Waals surface area contributed by atoms with Crippen LogP contribution < -0.4 is 10.2 Å². The Labute approximate surface area is 155 Å². The topological polar surface area (TPSA) is 32.3 Å². The van der Waals surface area contributed by atoms with Crippen molar-refractivity contribution in [3.8, 4) is 0 Å². The molecule has 1 aliphatic heterocycles. The molecule has 0 saturated heterocycles. The van der Waals surface area contributed by atoms with E-state index < -0.39 is 0 Å². The minimum atomic E-state index is -0.343. The number of nitrogens with one attached hydrogen (secondary N) is 1. The van der Waals surface area contributed by atoms with Gasteiger partial charge in [0.15, 0.2) is 0 Å². The molecule has 3 aromatic rings. The van der Waals surface area contributed by atoms with E-state index in [0.29, 0.717) is 15.6 Å². The number of amides is 1. The minimum absolute atomic E-state index is 0.0533. The maximum atomic E-state index is 13.0. The molecular weight excluding hydrogens is 355 g/mol. The number of nitrogens with zero attached hydrogens (tertiary/aromatic N) is 1. The highest BCUT2D eigenvalue weighted by atomic mass is 35.5. The predicted molar refractivity (Wildman–Crippen MR) is 103 cm³/mol. The van der Waals surface area contributed by atoms with Gasteiger partial charge in [-0.25, -0.2) is 0 Å². The van der Waals surface area contributed by atoms with E-state index in [2.05, 4.69) is 5.32 Å². The fraction of sp³-hybridized carbons (Fsp3) is 0.0500. The molecule has 0 aliphatic carbocycles. The van der Waals surface area contributed by atoms with Gasteiger partial charge in [0.1, 0.15) is 6.17 Å². The number of benzene rings is 3. The van der Waals surface area contributed by atoms with Crippen molar-refractivity contribution in [2.45, 2.75) is 6.17 Å². The fourth-order valence-corrected chi connectivity index (χ4v) is 3.37. The first kappa shape index (κ1) is 16.0. The Hall–Kier alpha value is -2.49. The molecular formula is C20H14Cl2N2O. The van der Waals surface area contributed by atoms with E-state index in [-0.39, 0.29) is 12.1 Å². The van der Waals surface area contributed by atoms with Crippen molar-refractivity contribution < 1.29 is 4.79 Å². The zero-order valence-corrected chi connectivity index (χ0v) is 14.6. The van der Waals surface area contributed by atoms with Crippen LogP contribution in [0.1, 0.15) is 22.1 Å². The van der Waals surface area contributed by atoms with E-state index in [1.165, 1.54) is 0 Å². The van der Waals surface area contributed by atoms with Crippen LogP contribution in [-0.4, -0.2) is 5.91 Å². The number of hydrogen-bond donors (Lipinski definition) is 1. The number of rotatable bonds is 3. The number of para-hydroxylation sites is 1. The van der Waals surface area contributed by atoms with Crippen LogP contribution in [-0.2, 0) is 0 Å². The second-order valence-electron chi connectivity index (χ2n) is 5.77.